The molecule has 0 saturated carbocycles. The van der Waals surface area contributed by atoms with Crippen molar-refractivity contribution in [3.63, 3.8) is 0 Å². The molecule has 3 heteroatoms. The number of benzene rings is 1. The normalized spacial score (nSPS) is 16.7. The van der Waals surface area contributed by atoms with Crippen molar-refractivity contribution in [3.8, 4) is 0 Å². The van der Waals surface area contributed by atoms with E-state index in [1.807, 2.05) is 0 Å². The molecule has 1 aliphatic heterocycles. The smallest absolute Gasteiger partial charge is 0.0510 e. The summed E-state index contributed by atoms with van der Waals surface area (Å²) in [7, 11) is 0. The van der Waals surface area contributed by atoms with Gasteiger partial charge in [0.2, 0.25) is 0 Å². The molecule has 0 spiro atoms. The summed E-state index contributed by atoms with van der Waals surface area (Å²) < 4.78 is 1.24. The van der Waals surface area contributed by atoms with Crippen LogP contribution in [0.15, 0.2) is 22.7 Å². The van der Waals surface area contributed by atoms with Crippen LogP contribution in [0.4, 0.5) is 5.69 Å². The maximum Gasteiger partial charge on any atom is 0.0510 e. The number of hydrogen-bond donors (Lipinski definition) is 1. The van der Waals surface area contributed by atoms with Gasteiger partial charge in [0.05, 0.1) is 5.69 Å². The first-order chi connectivity index (χ1) is 8.81. The molecule has 2 rings (SSSR count). The lowest BCUT2D eigenvalue weighted by Crippen LogP contribution is -2.24. The molecule has 1 N–H and O–H groups in total. The Hall–Kier alpha value is -0.540. The van der Waals surface area contributed by atoms with Gasteiger partial charge in [-0.2, -0.15) is 0 Å². The van der Waals surface area contributed by atoms with Crippen molar-refractivity contribution in [2.24, 2.45) is 0 Å². The zero-order valence-corrected chi connectivity index (χ0v) is 12.8. The van der Waals surface area contributed by atoms with Crippen LogP contribution >= 0.6 is 15.9 Å². The molecular weight excluding hydrogens is 288 g/mol. The first-order valence-electron chi connectivity index (χ1n) is 7.05. The molecule has 1 saturated heterocycles. The highest BCUT2D eigenvalue weighted by Gasteiger charge is 2.12. The molecule has 0 bridgehead atoms. The lowest BCUT2D eigenvalue weighted by atomic mass is 10.2. The second kappa shape index (κ2) is 7.15. The van der Waals surface area contributed by atoms with Crippen molar-refractivity contribution < 1.29 is 0 Å². The van der Waals surface area contributed by atoms with E-state index in [1.54, 1.807) is 0 Å². The monoisotopic (exact) mass is 310 g/mol. The SMILES string of the molecule is CCNCc1ccc(N2CCCCCC2)c(Br)c1. The van der Waals surface area contributed by atoms with Crippen LogP contribution in [0.2, 0.25) is 0 Å². The molecule has 1 aromatic rings. The molecule has 0 unspecified atom stereocenters. The van der Waals surface area contributed by atoms with Crippen LogP contribution < -0.4 is 10.2 Å². The molecule has 100 valence electrons. The minimum Gasteiger partial charge on any atom is -0.371 e. The molecular formula is C15H23BrN2. The minimum absolute atomic E-state index is 0.954. The van der Waals surface area contributed by atoms with Crippen LogP contribution in [0.1, 0.15) is 38.2 Å². The Bertz CT molecular complexity index is 371. The summed E-state index contributed by atoms with van der Waals surface area (Å²) in [4.78, 5) is 2.52. The van der Waals surface area contributed by atoms with E-state index in [0.717, 1.165) is 13.1 Å². The third-order valence-electron chi connectivity index (χ3n) is 3.54. The molecule has 0 radical (unpaired) electrons. The fraction of sp³-hybridized carbons (Fsp3) is 0.600. The van der Waals surface area contributed by atoms with Gasteiger partial charge < -0.3 is 10.2 Å². The molecule has 2 nitrogen and oxygen atoms in total. The second-order valence-electron chi connectivity index (χ2n) is 4.97. The van der Waals surface area contributed by atoms with Gasteiger partial charge in [-0.3, -0.25) is 0 Å². The molecule has 1 aliphatic rings. The Labute approximate surface area is 119 Å². The van der Waals surface area contributed by atoms with Crippen LogP contribution in [0, 0.1) is 0 Å². The van der Waals surface area contributed by atoms with Gasteiger partial charge in [-0.1, -0.05) is 25.8 Å². The van der Waals surface area contributed by atoms with Gasteiger partial charge in [-0.15, -0.1) is 0 Å². The number of rotatable bonds is 4. The average Bonchev–Trinajstić information content (AvgIpc) is 2.65. The Balaban J connectivity index is 2.08. The van der Waals surface area contributed by atoms with Gasteiger partial charge in [0.1, 0.15) is 0 Å². The van der Waals surface area contributed by atoms with Crippen molar-refractivity contribution in [1.82, 2.24) is 5.32 Å². The van der Waals surface area contributed by atoms with E-state index in [1.165, 1.54) is 54.5 Å². The predicted octanol–water partition coefficient (Wildman–Crippen LogP) is 3.94. The average molecular weight is 311 g/mol. The van der Waals surface area contributed by atoms with Gasteiger partial charge in [-0.25, -0.2) is 0 Å². The molecule has 1 aromatic carbocycles. The Morgan fingerprint density at radius 3 is 2.50 bits per heavy atom. The van der Waals surface area contributed by atoms with Crippen LogP contribution in [-0.4, -0.2) is 19.6 Å². The quantitative estimate of drug-likeness (QED) is 0.906. The zero-order valence-electron chi connectivity index (χ0n) is 11.2. The summed E-state index contributed by atoms with van der Waals surface area (Å²) in [6.45, 7) is 6.51. The van der Waals surface area contributed by atoms with Gasteiger partial charge in [0.15, 0.2) is 0 Å². The van der Waals surface area contributed by atoms with Gasteiger partial charge >= 0.3 is 0 Å². The van der Waals surface area contributed by atoms with Gasteiger partial charge in [0, 0.05) is 24.1 Å². The Kier molecular flexibility index (Phi) is 5.51. The highest BCUT2D eigenvalue weighted by molar-refractivity contribution is 9.10. The lowest BCUT2D eigenvalue weighted by Gasteiger charge is -2.24. The highest BCUT2D eigenvalue weighted by Crippen LogP contribution is 2.29. The fourth-order valence-electron chi connectivity index (χ4n) is 2.50. The number of anilines is 1. The van der Waals surface area contributed by atoms with E-state index in [-0.39, 0.29) is 0 Å². The second-order valence-corrected chi connectivity index (χ2v) is 5.82. The number of nitrogens with one attached hydrogen (secondary N) is 1. The van der Waals surface area contributed by atoms with Crippen LogP contribution in [0.5, 0.6) is 0 Å². The first-order valence-corrected chi connectivity index (χ1v) is 7.84. The minimum atomic E-state index is 0.954. The predicted molar refractivity (Wildman–Crippen MR) is 82.2 cm³/mol. The highest BCUT2D eigenvalue weighted by atomic mass is 79.9. The van der Waals surface area contributed by atoms with Gasteiger partial charge in [0.25, 0.3) is 0 Å². The van der Waals surface area contributed by atoms with Crippen LogP contribution in [-0.2, 0) is 6.54 Å². The van der Waals surface area contributed by atoms with E-state index >= 15 is 0 Å². The molecule has 0 atom stereocenters. The molecule has 0 amide bonds. The molecule has 0 aromatic heterocycles. The van der Waals surface area contributed by atoms with Crippen molar-refractivity contribution in [2.75, 3.05) is 24.5 Å². The molecule has 0 aliphatic carbocycles. The maximum atomic E-state index is 3.73. The van der Waals surface area contributed by atoms with Crippen molar-refractivity contribution >= 4 is 21.6 Å². The Morgan fingerprint density at radius 1 is 1.17 bits per heavy atom. The largest absolute Gasteiger partial charge is 0.371 e. The van der Waals surface area contributed by atoms with Gasteiger partial charge in [-0.05, 0) is 53.0 Å². The van der Waals surface area contributed by atoms with Crippen LogP contribution in [0.25, 0.3) is 0 Å². The van der Waals surface area contributed by atoms with E-state index in [0.29, 0.717) is 0 Å². The first kappa shape index (κ1) is 13.9. The molecule has 1 heterocycles. The van der Waals surface area contributed by atoms with E-state index in [9.17, 15) is 0 Å². The summed E-state index contributed by atoms with van der Waals surface area (Å²) in [5.41, 5.74) is 2.71. The third-order valence-corrected chi connectivity index (χ3v) is 4.17. The number of nitrogens with zero attached hydrogens (tertiary/aromatic N) is 1. The van der Waals surface area contributed by atoms with Crippen LogP contribution in [0.3, 0.4) is 0 Å². The third kappa shape index (κ3) is 3.72. The standard InChI is InChI=1S/C15H23BrN2/c1-2-17-12-13-7-8-15(14(16)11-13)18-9-5-3-4-6-10-18/h7-8,11,17H,2-6,9-10,12H2,1H3. The van der Waals surface area contributed by atoms with E-state index < -0.39 is 0 Å². The zero-order chi connectivity index (χ0) is 12.8. The lowest BCUT2D eigenvalue weighted by molar-refractivity contribution is 0.726. The van der Waals surface area contributed by atoms with Crippen molar-refractivity contribution in [3.05, 3.63) is 28.2 Å². The van der Waals surface area contributed by atoms with E-state index in [2.05, 4.69) is 51.3 Å². The number of halogens is 1. The fourth-order valence-corrected chi connectivity index (χ4v) is 3.17. The number of hydrogen-bond acceptors (Lipinski definition) is 2. The molecule has 18 heavy (non-hydrogen) atoms. The summed E-state index contributed by atoms with van der Waals surface area (Å²) >= 11 is 3.73. The summed E-state index contributed by atoms with van der Waals surface area (Å²) in [6.07, 6.45) is 5.41. The summed E-state index contributed by atoms with van der Waals surface area (Å²) in [5.74, 6) is 0. The Morgan fingerprint density at radius 2 is 1.89 bits per heavy atom. The van der Waals surface area contributed by atoms with Crippen molar-refractivity contribution in [2.45, 2.75) is 39.2 Å². The summed E-state index contributed by atoms with van der Waals surface area (Å²) in [5, 5.41) is 3.37. The molecule has 1 fully saturated rings. The van der Waals surface area contributed by atoms with E-state index in [4.69, 9.17) is 0 Å². The summed E-state index contributed by atoms with van der Waals surface area (Å²) in [6, 6.07) is 6.76. The van der Waals surface area contributed by atoms with Crippen molar-refractivity contribution in [1.29, 1.82) is 0 Å². The topological polar surface area (TPSA) is 15.3 Å². The maximum absolute atomic E-state index is 3.73.